The lowest BCUT2D eigenvalue weighted by molar-refractivity contribution is -0.146. The number of hydrogen-bond donors (Lipinski definition) is 0. The van der Waals surface area contributed by atoms with Crippen LogP contribution < -0.4 is 4.90 Å². The van der Waals surface area contributed by atoms with E-state index in [9.17, 15) is 4.79 Å². The van der Waals surface area contributed by atoms with Crippen LogP contribution in [0.1, 0.15) is 5.56 Å². The SMILES string of the molecule is Cn1cc(CN2CCOC[C@]3(C2)CN(c2cnn(C)c2)C(=O)CO3)cn1. The van der Waals surface area contributed by atoms with Crippen molar-refractivity contribution < 1.29 is 14.3 Å². The topological polar surface area (TPSA) is 77.7 Å². The molecule has 26 heavy (non-hydrogen) atoms. The van der Waals surface area contributed by atoms with Gasteiger partial charge in [-0.15, -0.1) is 0 Å². The van der Waals surface area contributed by atoms with Crippen molar-refractivity contribution in [3.63, 3.8) is 0 Å². The third kappa shape index (κ3) is 3.50. The lowest BCUT2D eigenvalue weighted by Gasteiger charge is -2.42. The van der Waals surface area contributed by atoms with Gasteiger partial charge in [-0.3, -0.25) is 19.1 Å². The summed E-state index contributed by atoms with van der Waals surface area (Å²) >= 11 is 0. The minimum atomic E-state index is -0.539. The lowest BCUT2D eigenvalue weighted by Crippen LogP contribution is -2.60. The van der Waals surface area contributed by atoms with Crippen LogP contribution in [-0.2, 0) is 34.9 Å². The molecule has 0 unspecified atom stereocenters. The fourth-order valence-electron chi connectivity index (χ4n) is 3.61. The van der Waals surface area contributed by atoms with Crippen LogP contribution in [0.2, 0.25) is 0 Å². The Hall–Kier alpha value is -2.23. The fraction of sp³-hybridized carbons (Fsp3) is 0.588. The van der Waals surface area contributed by atoms with Crippen LogP contribution in [0.25, 0.3) is 0 Å². The molecule has 9 heteroatoms. The van der Waals surface area contributed by atoms with E-state index in [4.69, 9.17) is 9.47 Å². The third-order valence-electron chi connectivity index (χ3n) is 4.85. The molecule has 1 atom stereocenters. The number of carbonyl (C=O) groups excluding carboxylic acids is 1. The van der Waals surface area contributed by atoms with Crippen LogP contribution in [0.15, 0.2) is 24.8 Å². The number of morpholine rings is 1. The lowest BCUT2D eigenvalue weighted by atomic mass is 10.0. The molecule has 2 aromatic heterocycles. The maximum atomic E-state index is 12.4. The zero-order valence-electron chi connectivity index (χ0n) is 15.2. The van der Waals surface area contributed by atoms with Crippen molar-refractivity contribution in [3.8, 4) is 0 Å². The summed E-state index contributed by atoms with van der Waals surface area (Å²) in [4.78, 5) is 16.5. The van der Waals surface area contributed by atoms with Crippen LogP contribution in [0.5, 0.6) is 0 Å². The van der Waals surface area contributed by atoms with Gasteiger partial charge in [0.25, 0.3) is 5.91 Å². The quantitative estimate of drug-likeness (QED) is 0.754. The summed E-state index contributed by atoms with van der Waals surface area (Å²) in [7, 11) is 3.76. The molecule has 1 spiro atoms. The van der Waals surface area contributed by atoms with Crippen molar-refractivity contribution in [1.82, 2.24) is 24.5 Å². The number of carbonyl (C=O) groups is 1. The van der Waals surface area contributed by atoms with E-state index in [0.717, 1.165) is 24.3 Å². The standard InChI is InChI=1S/C17H24N6O3/c1-20-7-14(5-18-20)8-22-3-4-25-13-17(11-22)12-23(16(24)10-26-17)15-6-19-21(2)9-15/h5-7,9H,3-4,8,10-13H2,1-2H3/t17-/m0/s1. The first-order valence-electron chi connectivity index (χ1n) is 8.74. The van der Waals surface area contributed by atoms with Crippen LogP contribution in [0, 0.1) is 0 Å². The number of ether oxygens (including phenoxy) is 2. The molecule has 2 saturated heterocycles. The number of aromatic nitrogens is 4. The van der Waals surface area contributed by atoms with Gasteiger partial charge in [-0.1, -0.05) is 0 Å². The summed E-state index contributed by atoms with van der Waals surface area (Å²) < 4.78 is 15.4. The summed E-state index contributed by atoms with van der Waals surface area (Å²) in [5.74, 6) is -0.0494. The molecule has 0 aromatic carbocycles. The molecule has 0 radical (unpaired) electrons. The summed E-state index contributed by atoms with van der Waals surface area (Å²) in [6.45, 7) is 3.93. The molecule has 1 amide bonds. The Kier molecular flexibility index (Phi) is 4.51. The molecule has 4 rings (SSSR count). The highest BCUT2D eigenvalue weighted by Crippen LogP contribution is 2.27. The van der Waals surface area contributed by atoms with Gasteiger partial charge in [-0.25, -0.2) is 0 Å². The molecule has 0 saturated carbocycles. The van der Waals surface area contributed by atoms with E-state index in [1.165, 1.54) is 0 Å². The number of aryl methyl sites for hydroxylation is 2. The van der Waals surface area contributed by atoms with Gasteiger partial charge in [0.15, 0.2) is 0 Å². The molecular formula is C17H24N6O3. The highest BCUT2D eigenvalue weighted by molar-refractivity contribution is 5.94. The number of anilines is 1. The number of hydrogen-bond acceptors (Lipinski definition) is 6. The average Bonchev–Trinajstić information content (AvgIpc) is 3.16. The van der Waals surface area contributed by atoms with Gasteiger partial charge >= 0.3 is 0 Å². The molecular weight excluding hydrogens is 336 g/mol. The molecule has 2 aromatic rings. The minimum absolute atomic E-state index is 0.0494. The van der Waals surface area contributed by atoms with Gasteiger partial charge < -0.3 is 14.4 Å². The smallest absolute Gasteiger partial charge is 0.253 e. The first-order valence-corrected chi connectivity index (χ1v) is 8.74. The molecule has 140 valence electrons. The summed E-state index contributed by atoms with van der Waals surface area (Å²) in [6.07, 6.45) is 7.46. The van der Waals surface area contributed by atoms with Crippen LogP contribution in [0.3, 0.4) is 0 Å². The Morgan fingerprint density at radius 3 is 2.69 bits per heavy atom. The van der Waals surface area contributed by atoms with E-state index in [0.29, 0.717) is 26.3 Å². The second-order valence-corrected chi connectivity index (χ2v) is 7.11. The highest BCUT2D eigenvalue weighted by Gasteiger charge is 2.43. The zero-order chi connectivity index (χ0) is 18.1. The molecule has 9 nitrogen and oxygen atoms in total. The molecule has 2 fully saturated rings. The van der Waals surface area contributed by atoms with Crippen LogP contribution in [-0.4, -0.2) is 75.4 Å². The van der Waals surface area contributed by atoms with E-state index >= 15 is 0 Å². The first kappa shape index (κ1) is 17.2. The van der Waals surface area contributed by atoms with E-state index in [1.807, 2.05) is 32.7 Å². The van der Waals surface area contributed by atoms with E-state index in [2.05, 4.69) is 15.1 Å². The summed E-state index contributed by atoms with van der Waals surface area (Å²) in [5, 5.41) is 8.42. The highest BCUT2D eigenvalue weighted by atomic mass is 16.6. The van der Waals surface area contributed by atoms with Crippen molar-refractivity contribution in [2.45, 2.75) is 12.1 Å². The molecule has 2 aliphatic rings. The molecule has 0 N–H and O–H groups in total. The zero-order valence-corrected chi connectivity index (χ0v) is 15.2. The van der Waals surface area contributed by atoms with Crippen LogP contribution >= 0.6 is 0 Å². The monoisotopic (exact) mass is 360 g/mol. The van der Waals surface area contributed by atoms with Crippen molar-refractivity contribution >= 4 is 11.6 Å². The number of nitrogens with zero attached hydrogens (tertiary/aromatic N) is 6. The maximum Gasteiger partial charge on any atom is 0.253 e. The van der Waals surface area contributed by atoms with E-state index in [1.54, 1.807) is 20.5 Å². The Labute approximate surface area is 152 Å². The maximum absolute atomic E-state index is 12.4. The van der Waals surface area contributed by atoms with Crippen molar-refractivity contribution in [2.75, 3.05) is 44.4 Å². The first-order chi connectivity index (χ1) is 12.5. The number of rotatable bonds is 3. The Morgan fingerprint density at radius 2 is 1.96 bits per heavy atom. The second-order valence-electron chi connectivity index (χ2n) is 7.11. The van der Waals surface area contributed by atoms with Gasteiger partial charge in [0.05, 0.1) is 37.8 Å². The predicted octanol–water partition coefficient (Wildman–Crippen LogP) is -0.212. The third-order valence-corrected chi connectivity index (χ3v) is 4.85. The summed E-state index contributed by atoms with van der Waals surface area (Å²) in [5.41, 5.74) is 1.41. The molecule has 4 heterocycles. The van der Waals surface area contributed by atoms with Gasteiger partial charge in [-0.2, -0.15) is 10.2 Å². The Balaban J connectivity index is 1.52. The number of amides is 1. The van der Waals surface area contributed by atoms with Gasteiger partial charge in [0.1, 0.15) is 12.2 Å². The Bertz CT molecular complexity index is 787. The normalized spacial score (nSPS) is 25.0. The van der Waals surface area contributed by atoms with Gasteiger partial charge in [0, 0.05) is 51.7 Å². The Morgan fingerprint density at radius 1 is 1.15 bits per heavy atom. The predicted molar refractivity (Wildman–Crippen MR) is 93.5 cm³/mol. The minimum Gasteiger partial charge on any atom is -0.377 e. The molecule has 0 aliphatic carbocycles. The van der Waals surface area contributed by atoms with Gasteiger partial charge in [-0.05, 0) is 0 Å². The van der Waals surface area contributed by atoms with Crippen molar-refractivity contribution in [1.29, 1.82) is 0 Å². The molecule has 2 aliphatic heterocycles. The van der Waals surface area contributed by atoms with Crippen LogP contribution in [0.4, 0.5) is 5.69 Å². The van der Waals surface area contributed by atoms with E-state index in [-0.39, 0.29) is 12.5 Å². The van der Waals surface area contributed by atoms with Gasteiger partial charge in [0.2, 0.25) is 0 Å². The van der Waals surface area contributed by atoms with Crippen molar-refractivity contribution in [2.24, 2.45) is 14.1 Å². The van der Waals surface area contributed by atoms with E-state index < -0.39 is 5.60 Å². The fourth-order valence-corrected chi connectivity index (χ4v) is 3.61. The average molecular weight is 360 g/mol. The largest absolute Gasteiger partial charge is 0.377 e. The second kappa shape index (κ2) is 6.82. The summed E-state index contributed by atoms with van der Waals surface area (Å²) in [6, 6.07) is 0. The van der Waals surface area contributed by atoms with Crippen molar-refractivity contribution in [3.05, 3.63) is 30.4 Å². The molecule has 0 bridgehead atoms.